The standard InChI is InChI=1S/C14H20N2O4S/c17-14(18)13-8-4-5-11-16(13)21(19,20)15-10-9-12-6-2-1-3-7-12/h1-3,6-7,13,15H,4-5,8-11H2,(H,17,18). The first-order valence-corrected chi connectivity index (χ1v) is 8.48. The molecule has 1 aliphatic heterocycles. The van der Waals surface area contributed by atoms with Crippen LogP contribution >= 0.6 is 0 Å². The molecule has 1 fully saturated rings. The van der Waals surface area contributed by atoms with E-state index in [9.17, 15) is 13.2 Å². The molecule has 0 bridgehead atoms. The molecular formula is C14H20N2O4S. The number of hydrogen-bond acceptors (Lipinski definition) is 3. The zero-order valence-corrected chi connectivity index (χ0v) is 12.6. The van der Waals surface area contributed by atoms with E-state index in [2.05, 4.69) is 4.72 Å². The summed E-state index contributed by atoms with van der Waals surface area (Å²) in [6, 6.07) is 8.60. The van der Waals surface area contributed by atoms with E-state index in [0.29, 0.717) is 19.3 Å². The Hall–Kier alpha value is -1.44. The summed E-state index contributed by atoms with van der Waals surface area (Å²) in [6.07, 6.45) is 2.39. The molecule has 6 nitrogen and oxygen atoms in total. The molecule has 0 amide bonds. The first kappa shape index (κ1) is 15.9. The molecule has 116 valence electrons. The van der Waals surface area contributed by atoms with Crippen molar-refractivity contribution in [1.29, 1.82) is 0 Å². The van der Waals surface area contributed by atoms with E-state index in [4.69, 9.17) is 5.11 Å². The van der Waals surface area contributed by atoms with Crippen LogP contribution in [0.3, 0.4) is 0 Å². The Morgan fingerprint density at radius 2 is 2.00 bits per heavy atom. The van der Waals surface area contributed by atoms with Gasteiger partial charge in [-0.1, -0.05) is 30.3 Å². The van der Waals surface area contributed by atoms with Gasteiger partial charge >= 0.3 is 5.97 Å². The first-order chi connectivity index (χ1) is 10.0. The summed E-state index contributed by atoms with van der Waals surface area (Å²) in [5.41, 5.74) is 1.04. The molecular weight excluding hydrogens is 292 g/mol. The zero-order valence-electron chi connectivity index (χ0n) is 11.7. The van der Waals surface area contributed by atoms with Crippen LogP contribution in [0.15, 0.2) is 30.3 Å². The Balaban J connectivity index is 1.95. The fraction of sp³-hybridized carbons (Fsp3) is 0.500. The quantitative estimate of drug-likeness (QED) is 0.820. The fourth-order valence-corrected chi connectivity index (χ4v) is 3.92. The Morgan fingerprint density at radius 1 is 1.29 bits per heavy atom. The van der Waals surface area contributed by atoms with Crippen LogP contribution in [0.4, 0.5) is 0 Å². The normalized spacial score (nSPS) is 20.3. The van der Waals surface area contributed by atoms with Gasteiger partial charge in [-0.15, -0.1) is 0 Å². The van der Waals surface area contributed by atoms with Gasteiger partial charge in [0, 0.05) is 13.1 Å². The molecule has 1 saturated heterocycles. The van der Waals surface area contributed by atoms with Crippen LogP contribution in [0.25, 0.3) is 0 Å². The van der Waals surface area contributed by atoms with Crippen molar-refractivity contribution in [3.8, 4) is 0 Å². The number of nitrogens with one attached hydrogen (secondary N) is 1. The van der Waals surface area contributed by atoms with Crippen LogP contribution in [-0.2, 0) is 21.4 Å². The molecule has 2 rings (SSSR count). The molecule has 1 atom stereocenters. The maximum atomic E-state index is 12.2. The van der Waals surface area contributed by atoms with Crippen molar-refractivity contribution < 1.29 is 18.3 Å². The number of carboxylic acids is 1. The summed E-state index contributed by atoms with van der Waals surface area (Å²) in [6.45, 7) is 0.521. The monoisotopic (exact) mass is 312 g/mol. The highest BCUT2D eigenvalue weighted by molar-refractivity contribution is 7.87. The van der Waals surface area contributed by atoms with E-state index in [1.807, 2.05) is 30.3 Å². The van der Waals surface area contributed by atoms with Crippen molar-refractivity contribution in [2.24, 2.45) is 0 Å². The van der Waals surface area contributed by atoms with Crippen molar-refractivity contribution in [2.75, 3.05) is 13.1 Å². The lowest BCUT2D eigenvalue weighted by atomic mass is 10.1. The maximum Gasteiger partial charge on any atom is 0.322 e. The smallest absolute Gasteiger partial charge is 0.322 e. The summed E-state index contributed by atoms with van der Waals surface area (Å²) in [4.78, 5) is 11.2. The van der Waals surface area contributed by atoms with Gasteiger partial charge in [0.1, 0.15) is 6.04 Å². The van der Waals surface area contributed by atoms with Crippen molar-refractivity contribution in [1.82, 2.24) is 9.03 Å². The molecule has 1 heterocycles. The lowest BCUT2D eigenvalue weighted by Crippen LogP contribution is -2.52. The lowest BCUT2D eigenvalue weighted by Gasteiger charge is -2.31. The lowest BCUT2D eigenvalue weighted by molar-refractivity contribution is -0.142. The van der Waals surface area contributed by atoms with Gasteiger partial charge in [-0.25, -0.2) is 4.72 Å². The highest BCUT2D eigenvalue weighted by Crippen LogP contribution is 2.19. The number of aliphatic carboxylic acids is 1. The van der Waals surface area contributed by atoms with Crippen molar-refractivity contribution >= 4 is 16.2 Å². The molecule has 0 spiro atoms. The predicted molar refractivity (Wildman–Crippen MR) is 79.0 cm³/mol. The summed E-state index contributed by atoms with van der Waals surface area (Å²) >= 11 is 0. The van der Waals surface area contributed by atoms with Gasteiger partial charge in [0.25, 0.3) is 10.2 Å². The average Bonchev–Trinajstić information content (AvgIpc) is 2.48. The number of nitrogens with zero attached hydrogens (tertiary/aromatic N) is 1. The Labute approximate surface area is 125 Å². The van der Waals surface area contributed by atoms with Crippen LogP contribution in [0.5, 0.6) is 0 Å². The minimum atomic E-state index is -3.75. The summed E-state index contributed by atoms with van der Waals surface area (Å²) in [5.74, 6) is -1.08. The molecule has 0 saturated carbocycles. The van der Waals surface area contributed by atoms with Gasteiger partial charge in [-0.3, -0.25) is 4.79 Å². The van der Waals surface area contributed by atoms with Crippen molar-refractivity contribution in [3.05, 3.63) is 35.9 Å². The van der Waals surface area contributed by atoms with E-state index in [1.54, 1.807) is 0 Å². The van der Waals surface area contributed by atoms with E-state index < -0.39 is 22.2 Å². The van der Waals surface area contributed by atoms with E-state index in [0.717, 1.165) is 16.3 Å². The first-order valence-electron chi connectivity index (χ1n) is 7.04. The minimum absolute atomic E-state index is 0.259. The topological polar surface area (TPSA) is 86.7 Å². The highest BCUT2D eigenvalue weighted by atomic mass is 32.2. The maximum absolute atomic E-state index is 12.2. The molecule has 21 heavy (non-hydrogen) atoms. The van der Waals surface area contributed by atoms with Crippen molar-refractivity contribution in [3.63, 3.8) is 0 Å². The number of rotatable bonds is 6. The molecule has 1 aliphatic rings. The van der Waals surface area contributed by atoms with Crippen LogP contribution in [0.1, 0.15) is 24.8 Å². The number of piperidine rings is 1. The van der Waals surface area contributed by atoms with Gasteiger partial charge < -0.3 is 5.11 Å². The molecule has 7 heteroatoms. The third-order valence-electron chi connectivity index (χ3n) is 3.59. The molecule has 0 aromatic heterocycles. The Morgan fingerprint density at radius 3 is 2.67 bits per heavy atom. The predicted octanol–water partition coefficient (Wildman–Crippen LogP) is 1.00. The Kier molecular flexibility index (Phi) is 5.33. The molecule has 1 aromatic carbocycles. The second kappa shape index (κ2) is 7.02. The Bertz CT molecular complexity index is 574. The zero-order chi connectivity index (χ0) is 15.3. The molecule has 1 unspecified atom stereocenters. The molecule has 0 aliphatic carbocycles. The summed E-state index contributed by atoms with van der Waals surface area (Å²) < 4.78 is 28.1. The summed E-state index contributed by atoms with van der Waals surface area (Å²) in [5, 5.41) is 9.14. The van der Waals surface area contributed by atoms with Gasteiger partial charge in [0.15, 0.2) is 0 Å². The number of benzene rings is 1. The van der Waals surface area contributed by atoms with Gasteiger partial charge in [-0.05, 0) is 31.2 Å². The van der Waals surface area contributed by atoms with Gasteiger partial charge in [0.05, 0.1) is 0 Å². The average molecular weight is 312 g/mol. The molecule has 1 aromatic rings. The van der Waals surface area contributed by atoms with Gasteiger partial charge in [-0.2, -0.15) is 12.7 Å². The largest absolute Gasteiger partial charge is 0.480 e. The van der Waals surface area contributed by atoms with Crippen LogP contribution in [0, 0.1) is 0 Å². The number of hydrogen-bond donors (Lipinski definition) is 2. The number of carbonyl (C=O) groups is 1. The minimum Gasteiger partial charge on any atom is -0.480 e. The van der Waals surface area contributed by atoms with Gasteiger partial charge in [0.2, 0.25) is 0 Å². The SMILES string of the molecule is O=C(O)C1CCCCN1S(=O)(=O)NCCc1ccccc1. The third kappa shape index (κ3) is 4.26. The molecule has 0 radical (unpaired) electrons. The molecule has 2 N–H and O–H groups in total. The van der Waals surface area contributed by atoms with E-state index in [-0.39, 0.29) is 13.1 Å². The second-order valence-electron chi connectivity index (χ2n) is 5.10. The van der Waals surface area contributed by atoms with E-state index >= 15 is 0 Å². The fourth-order valence-electron chi connectivity index (χ4n) is 2.49. The highest BCUT2D eigenvalue weighted by Gasteiger charge is 2.36. The van der Waals surface area contributed by atoms with E-state index in [1.165, 1.54) is 0 Å². The van der Waals surface area contributed by atoms with Crippen LogP contribution in [0.2, 0.25) is 0 Å². The van der Waals surface area contributed by atoms with Crippen molar-refractivity contribution in [2.45, 2.75) is 31.7 Å². The summed E-state index contributed by atoms with van der Waals surface area (Å²) in [7, 11) is -3.75. The number of carboxylic acid groups (broad SMARTS) is 1. The van der Waals surface area contributed by atoms with Crippen LogP contribution < -0.4 is 4.72 Å². The third-order valence-corrected chi connectivity index (χ3v) is 5.21. The second-order valence-corrected chi connectivity index (χ2v) is 6.80. The van der Waals surface area contributed by atoms with Crippen LogP contribution in [-0.4, -0.2) is 42.9 Å².